The Morgan fingerprint density at radius 3 is 2.19 bits per heavy atom. The summed E-state index contributed by atoms with van der Waals surface area (Å²) in [5.41, 5.74) is 1.87. The van der Waals surface area contributed by atoms with Gasteiger partial charge in [0.05, 0.1) is 10.6 Å². The lowest BCUT2D eigenvalue weighted by Gasteiger charge is -2.07. The summed E-state index contributed by atoms with van der Waals surface area (Å²) in [5, 5.41) is 20.6. The third kappa shape index (κ3) is 2.56. The molecule has 4 heteroatoms. The molecule has 3 aromatic carbocycles. The molecule has 3 nitrogen and oxygen atoms in total. The van der Waals surface area contributed by atoms with E-state index in [4.69, 9.17) is 16.7 Å². The monoisotopic (exact) mass is 298 g/mol. The van der Waals surface area contributed by atoms with Crippen molar-refractivity contribution in [2.75, 3.05) is 0 Å². The Balaban J connectivity index is 2.10. The quantitative estimate of drug-likeness (QED) is 0.729. The Bertz CT molecular complexity index is 856. The second-order valence-electron chi connectivity index (χ2n) is 4.75. The summed E-state index contributed by atoms with van der Waals surface area (Å²) in [6, 6.07) is 15.8. The lowest BCUT2D eigenvalue weighted by Crippen LogP contribution is -1.97. The number of fused-ring (bicyclic) bond motifs is 1. The van der Waals surface area contributed by atoms with E-state index >= 15 is 0 Å². The van der Waals surface area contributed by atoms with E-state index in [-0.39, 0.29) is 16.3 Å². The zero-order valence-corrected chi connectivity index (χ0v) is 11.6. The van der Waals surface area contributed by atoms with E-state index in [1.54, 1.807) is 24.3 Å². The molecular formula is C17H11ClO3. The van der Waals surface area contributed by atoms with E-state index in [0.717, 1.165) is 21.9 Å². The Kier molecular flexibility index (Phi) is 3.28. The van der Waals surface area contributed by atoms with Crippen LogP contribution >= 0.6 is 11.6 Å². The van der Waals surface area contributed by atoms with Crippen molar-refractivity contribution in [3.8, 4) is 16.9 Å². The van der Waals surface area contributed by atoms with Gasteiger partial charge in [0.15, 0.2) is 0 Å². The molecule has 3 aromatic rings. The highest BCUT2D eigenvalue weighted by Gasteiger charge is 2.10. The summed E-state index contributed by atoms with van der Waals surface area (Å²) in [4.78, 5) is 11.0. The minimum Gasteiger partial charge on any atom is -0.508 e. The Hall–Kier alpha value is -2.52. The number of hydrogen-bond acceptors (Lipinski definition) is 2. The number of halogens is 1. The predicted octanol–water partition coefficient (Wildman–Crippen LogP) is 4.56. The minimum absolute atomic E-state index is 0.0890. The number of hydrogen-bond donors (Lipinski definition) is 2. The van der Waals surface area contributed by atoms with Crippen molar-refractivity contribution < 1.29 is 15.0 Å². The van der Waals surface area contributed by atoms with E-state index in [1.165, 1.54) is 6.07 Å². The highest BCUT2D eigenvalue weighted by molar-refractivity contribution is 6.33. The molecule has 0 atom stereocenters. The van der Waals surface area contributed by atoms with Crippen molar-refractivity contribution in [2.24, 2.45) is 0 Å². The molecule has 0 saturated heterocycles. The average molecular weight is 299 g/mol. The van der Waals surface area contributed by atoms with Crippen LogP contribution in [-0.4, -0.2) is 16.2 Å². The number of carbonyl (C=O) groups is 1. The van der Waals surface area contributed by atoms with Gasteiger partial charge in [-0.15, -0.1) is 0 Å². The Morgan fingerprint density at radius 1 is 0.857 bits per heavy atom. The lowest BCUT2D eigenvalue weighted by molar-refractivity contribution is 0.0697. The number of phenolic OH excluding ortho intramolecular Hbond substituents is 1. The summed E-state index contributed by atoms with van der Waals surface area (Å²) in [6.07, 6.45) is 0. The number of benzene rings is 3. The van der Waals surface area contributed by atoms with Gasteiger partial charge in [0.25, 0.3) is 0 Å². The molecule has 0 fully saturated rings. The molecule has 0 aliphatic carbocycles. The van der Waals surface area contributed by atoms with Gasteiger partial charge in [-0.05, 0) is 52.2 Å². The first kappa shape index (κ1) is 13.5. The van der Waals surface area contributed by atoms with Crippen LogP contribution in [0.3, 0.4) is 0 Å². The molecule has 3 rings (SSSR count). The van der Waals surface area contributed by atoms with Crippen molar-refractivity contribution in [2.45, 2.75) is 0 Å². The SMILES string of the molecule is O=C(O)c1ccc(-c2ccc3cc(O)ccc3c2)cc1Cl. The summed E-state index contributed by atoms with van der Waals surface area (Å²) < 4.78 is 0. The maximum Gasteiger partial charge on any atom is 0.337 e. The number of phenols is 1. The average Bonchev–Trinajstić information content (AvgIpc) is 2.46. The fourth-order valence-corrected chi connectivity index (χ4v) is 2.54. The fraction of sp³-hybridized carbons (Fsp3) is 0. The normalized spacial score (nSPS) is 10.7. The van der Waals surface area contributed by atoms with Crippen molar-refractivity contribution in [3.63, 3.8) is 0 Å². The fourth-order valence-electron chi connectivity index (χ4n) is 2.28. The number of rotatable bonds is 2. The Morgan fingerprint density at radius 2 is 1.48 bits per heavy atom. The van der Waals surface area contributed by atoms with Crippen molar-refractivity contribution >= 4 is 28.3 Å². The van der Waals surface area contributed by atoms with Crippen LogP contribution in [0.15, 0.2) is 54.6 Å². The van der Waals surface area contributed by atoms with Crippen molar-refractivity contribution in [1.29, 1.82) is 0 Å². The largest absolute Gasteiger partial charge is 0.508 e. The first-order chi connectivity index (χ1) is 10.0. The molecule has 0 heterocycles. The van der Waals surface area contributed by atoms with E-state index in [0.29, 0.717) is 0 Å². The van der Waals surface area contributed by atoms with Crippen LogP contribution in [0.5, 0.6) is 5.75 Å². The van der Waals surface area contributed by atoms with E-state index < -0.39 is 5.97 Å². The standard InChI is InChI=1S/C17H11ClO3/c18-16-9-13(4-6-15(16)17(20)21)10-1-2-12-8-14(19)5-3-11(12)7-10/h1-9,19H,(H,20,21). The number of aromatic carboxylic acids is 1. The molecule has 0 unspecified atom stereocenters. The molecule has 0 amide bonds. The van der Waals surface area contributed by atoms with Gasteiger partial charge < -0.3 is 10.2 Å². The van der Waals surface area contributed by atoms with Gasteiger partial charge in [0.2, 0.25) is 0 Å². The van der Waals surface area contributed by atoms with E-state index in [1.807, 2.05) is 24.3 Å². The summed E-state index contributed by atoms with van der Waals surface area (Å²) in [7, 11) is 0. The van der Waals surface area contributed by atoms with Crippen LogP contribution < -0.4 is 0 Å². The van der Waals surface area contributed by atoms with Crippen LogP contribution in [0.2, 0.25) is 5.02 Å². The van der Waals surface area contributed by atoms with Gasteiger partial charge in [-0.2, -0.15) is 0 Å². The molecule has 0 saturated carbocycles. The zero-order valence-electron chi connectivity index (χ0n) is 10.9. The maximum absolute atomic E-state index is 11.0. The molecule has 104 valence electrons. The van der Waals surface area contributed by atoms with E-state index in [9.17, 15) is 9.90 Å². The molecule has 21 heavy (non-hydrogen) atoms. The molecule has 0 spiro atoms. The highest BCUT2D eigenvalue weighted by Crippen LogP contribution is 2.29. The molecular weight excluding hydrogens is 288 g/mol. The lowest BCUT2D eigenvalue weighted by atomic mass is 10.00. The number of carboxylic acid groups (broad SMARTS) is 1. The maximum atomic E-state index is 11.0. The molecule has 0 aromatic heterocycles. The molecule has 2 N–H and O–H groups in total. The molecule has 0 aliphatic heterocycles. The van der Waals surface area contributed by atoms with Crippen LogP contribution in [0.25, 0.3) is 21.9 Å². The number of carboxylic acids is 1. The number of aromatic hydroxyl groups is 1. The smallest absolute Gasteiger partial charge is 0.337 e. The van der Waals surface area contributed by atoms with Crippen LogP contribution in [-0.2, 0) is 0 Å². The minimum atomic E-state index is -1.04. The van der Waals surface area contributed by atoms with Crippen LogP contribution in [0.1, 0.15) is 10.4 Å². The van der Waals surface area contributed by atoms with Gasteiger partial charge in [0.1, 0.15) is 5.75 Å². The molecule has 0 bridgehead atoms. The van der Waals surface area contributed by atoms with Gasteiger partial charge in [0, 0.05) is 0 Å². The van der Waals surface area contributed by atoms with E-state index in [2.05, 4.69) is 0 Å². The van der Waals surface area contributed by atoms with Crippen LogP contribution in [0, 0.1) is 0 Å². The van der Waals surface area contributed by atoms with Gasteiger partial charge in [-0.3, -0.25) is 0 Å². The zero-order chi connectivity index (χ0) is 15.0. The third-order valence-electron chi connectivity index (χ3n) is 3.36. The van der Waals surface area contributed by atoms with Gasteiger partial charge >= 0.3 is 5.97 Å². The highest BCUT2D eigenvalue weighted by atomic mass is 35.5. The van der Waals surface area contributed by atoms with Crippen LogP contribution in [0.4, 0.5) is 0 Å². The van der Waals surface area contributed by atoms with Crippen molar-refractivity contribution in [1.82, 2.24) is 0 Å². The van der Waals surface area contributed by atoms with Crippen molar-refractivity contribution in [3.05, 3.63) is 65.2 Å². The molecule has 0 aliphatic rings. The summed E-state index contributed by atoms with van der Waals surface area (Å²) in [6.45, 7) is 0. The Labute approximate surface area is 126 Å². The third-order valence-corrected chi connectivity index (χ3v) is 3.67. The molecule has 0 radical (unpaired) electrons. The summed E-state index contributed by atoms with van der Waals surface area (Å²) >= 11 is 6.00. The van der Waals surface area contributed by atoms with Gasteiger partial charge in [-0.25, -0.2) is 4.79 Å². The second kappa shape index (κ2) is 5.11. The second-order valence-corrected chi connectivity index (χ2v) is 5.15. The topological polar surface area (TPSA) is 57.5 Å². The van der Waals surface area contributed by atoms with Gasteiger partial charge in [-0.1, -0.05) is 35.9 Å². The predicted molar refractivity (Wildman–Crippen MR) is 83.0 cm³/mol. The summed E-state index contributed by atoms with van der Waals surface area (Å²) in [5.74, 6) is -0.815. The first-order valence-corrected chi connectivity index (χ1v) is 6.68. The first-order valence-electron chi connectivity index (χ1n) is 6.30.